The maximum atomic E-state index is 12.4. The summed E-state index contributed by atoms with van der Waals surface area (Å²) >= 11 is 1.26. The van der Waals surface area contributed by atoms with Crippen LogP contribution >= 0.6 is 11.3 Å². The first-order chi connectivity index (χ1) is 10.9. The molecule has 0 fully saturated rings. The number of hydrogen-bond donors (Lipinski definition) is 2. The van der Waals surface area contributed by atoms with Gasteiger partial charge in [0.15, 0.2) is 0 Å². The molecule has 0 aliphatic heterocycles. The van der Waals surface area contributed by atoms with Crippen molar-refractivity contribution in [1.82, 2.24) is 9.62 Å². The first-order valence-electron chi connectivity index (χ1n) is 7.98. The molecule has 1 atom stereocenters. The highest BCUT2D eigenvalue weighted by Gasteiger charge is 2.23. The molecule has 0 spiro atoms. The summed E-state index contributed by atoms with van der Waals surface area (Å²) in [4.78, 5) is 12.7. The first-order valence-corrected chi connectivity index (χ1v) is 10.2. The zero-order chi connectivity index (χ0) is 17.5. The molecule has 1 rings (SSSR count). The van der Waals surface area contributed by atoms with Crippen molar-refractivity contribution >= 4 is 27.3 Å². The summed E-state index contributed by atoms with van der Waals surface area (Å²) in [6.45, 7) is 7.00. The van der Waals surface area contributed by atoms with Gasteiger partial charge in [-0.05, 0) is 25.0 Å². The molecule has 0 aliphatic rings. The minimum absolute atomic E-state index is 0.153. The number of nitrogens with zero attached hydrogens (tertiary/aromatic N) is 1. The standard InChI is InChI=1S/C15H27N3O3S2/c1-4-7-13(16)15(19)17-11-10-12-8-9-14(22-12)23(20,21)18(5-2)6-3/h8-9,13H,4-7,10-11,16H2,1-3H3,(H,17,19). The molecule has 1 aromatic rings. The number of rotatable bonds is 10. The molecule has 6 nitrogen and oxygen atoms in total. The van der Waals surface area contributed by atoms with E-state index in [2.05, 4.69) is 5.32 Å². The average molecular weight is 362 g/mol. The van der Waals surface area contributed by atoms with Crippen LogP contribution in [0.3, 0.4) is 0 Å². The van der Waals surface area contributed by atoms with Gasteiger partial charge in [-0.1, -0.05) is 27.2 Å². The van der Waals surface area contributed by atoms with Gasteiger partial charge in [-0.15, -0.1) is 11.3 Å². The van der Waals surface area contributed by atoms with E-state index in [1.807, 2.05) is 20.8 Å². The van der Waals surface area contributed by atoms with E-state index in [0.717, 1.165) is 11.3 Å². The molecule has 0 bridgehead atoms. The van der Waals surface area contributed by atoms with Crippen LogP contribution < -0.4 is 11.1 Å². The molecule has 1 amide bonds. The number of hydrogen-bond acceptors (Lipinski definition) is 5. The number of nitrogens with two attached hydrogens (primary N) is 1. The topological polar surface area (TPSA) is 92.5 Å². The Bertz CT molecular complexity index is 595. The fourth-order valence-electron chi connectivity index (χ4n) is 2.20. The van der Waals surface area contributed by atoms with Gasteiger partial charge in [0.25, 0.3) is 10.0 Å². The lowest BCUT2D eigenvalue weighted by Gasteiger charge is -2.16. The van der Waals surface area contributed by atoms with Crippen LogP contribution in [-0.4, -0.2) is 44.3 Å². The normalized spacial score (nSPS) is 13.3. The summed E-state index contributed by atoms with van der Waals surface area (Å²) in [6, 6.07) is 2.97. The maximum absolute atomic E-state index is 12.4. The second-order valence-electron chi connectivity index (χ2n) is 5.25. The van der Waals surface area contributed by atoms with Crippen LogP contribution in [0.5, 0.6) is 0 Å². The Morgan fingerprint density at radius 2 is 1.96 bits per heavy atom. The maximum Gasteiger partial charge on any atom is 0.252 e. The van der Waals surface area contributed by atoms with Crippen molar-refractivity contribution in [1.29, 1.82) is 0 Å². The Hall–Kier alpha value is -0.960. The predicted molar refractivity (Wildman–Crippen MR) is 94.0 cm³/mol. The number of sulfonamides is 1. The minimum atomic E-state index is -3.40. The van der Waals surface area contributed by atoms with E-state index in [-0.39, 0.29) is 5.91 Å². The van der Waals surface area contributed by atoms with Crippen LogP contribution in [0, 0.1) is 0 Å². The van der Waals surface area contributed by atoms with E-state index in [0.29, 0.717) is 36.7 Å². The van der Waals surface area contributed by atoms with Crippen LogP contribution in [-0.2, 0) is 21.2 Å². The molecular weight excluding hydrogens is 334 g/mol. The highest BCUT2D eigenvalue weighted by atomic mass is 32.2. The van der Waals surface area contributed by atoms with Gasteiger partial charge in [0.1, 0.15) is 4.21 Å². The summed E-state index contributed by atoms with van der Waals surface area (Å²) in [5, 5.41) is 2.79. The number of amides is 1. The van der Waals surface area contributed by atoms with Gasteiger partial charge >= 0.3 is 0 Å². The van der Waals surface area contributed by atoms with Crippen molar-refractivity contribution in [3.05, 3.63) is 17.0 Å². The van der Waals surface area contributed by atoms with Crippen molar-refractivity contribution in [3.63, 3.8) is 0 Å². The van der Waals surface area contributed by atoms with Gasteiger partial charge in [0, 0.05) is 24.5 Å². The van der Waals surface area contributed by atoms with Gasteiger partial charge in [0.05, 0.1) is 6.04 Å². The van der Waals surface area contributed by atoms with Crippen LogP contribution in [0.2, 0.25) is 0 Å². The molecule has 0 saturated carbocycles. The monoisotopic (exact) mass is 361 g/mol. The van der Waals surface area contributed by atoms with E-state index in [9.17, 15) is 13.2 Å². The third-order valence-corrected chi connectivity index (χ3v) is 7.21. The fourth-order valence-corrected chi connectivity index (χ4v) is 5.17. The zero-order valence-electron chi connectivity index (χ0n) is 14.0. The second kappa shape index (κ2) is 9.36. The zero-order valence-corrected chi connectivity index (χ0v) is 15.7. The van der Waals surface area contributed by atoms with Gasteiger partial charge in [-0.25, -0.2) is 8.42 Å². The summed E-state index contributed by atoms with van der Waals surface area (Å²) in [5.74, 6) is -0.153. The molecule has 8 heteroatoms. The summed E-state index contributed by atoms with van der Waals surface area (Å²) in [6.07, 6.45) is 2.13. The van der Waals surface area contributed by atoms with Crippen molar-refractivity contribution in [2.75, 3.05) is 19.6 Å². The lowest BCUT2D eigenvalue weighted by molar-refractivity contribution is -0.122. The van der Waals surface area contributed by atoms with E-state index in [1.54, 1.807) is 12.1 Å². The molecule has 0 saturated heterocycles. The largest absolute Gasteiger partial charge is 0.354 e. The third-order valence-electron chi connectivity index (χ3n) is 3.54. The molecule has 1 aromatic heterocycles. The van der Waals surface area contributed by atoms with E-state index in [1.165, 1.54) is 15.6 Å². The van der Waals surface area contributed by atoms with Gasteiger partial charge < -0.3 is 11.1 Å². The molecule has 1 heterocycles. The van der Waals surface area contributed by atoms with E-state index < -0.39 is 16.1 Å². The predicted octanol–water partition coefficient (Wildman–Crippen LogP) is 1.56. The number of nitrogens with one attached hydrogen (secondary N) is 1. The molecular formula is C15H27N3O3S2. The minimum Gasteiger partial charge on any atom is -0.354 e. The van der Waals surface area contributed by atoms with Crippen LogP contribution in [0.4, 0.5) is 0 Å². The third kappa shape index (κ3) is 5.56. The average Bonchev–Trinajstić information content (AvgIpc) is 2.98. The van der Waals surface area contributed by atoms with Gasteiger partial charge in [-0.2, -0.15) is 4.31 Å². The Balaban J connectivity index is 2.59. The van der Waals surface area contributed by atoms with E-state index in [4.69, 9.17) is 5.73 Å². The van der Waals surface area contributed by atoms with Crippen LogP contribution in [0.1, 0.15) is 38.5 Å². The second-order valence-corrected chi connectivity index (χ2v) is 8.58. The first kappa shape index (κ1) is 20.1. The molecule has 3 N–H and O–H groups in total. The van der Waals surface area contributed by atoms with Crippen molar-refractivity contribution < 1.29 is 13.2 Å². The van der Waals surface area contributed by atoms with E-state index >= 15 is 0 Å². The lowest BCUT2D eigenvalue weighted by atomic mass is 10.1. The number of carbonyl (C=O) groups excluding carboxylic acids is 1. The van der Waals surface area contributed by atoms with Crippen molar-refractivity contribution in [2.45, 2.75) is 50.3 Å². The highest BCUT2D eigenvalue weighted by Crippen LogP contribution is 2.25. The Kier molecular flexibility index (Phi) is 8.18. The lowest BCUT2D eigenvalue weighted by Crippen LogP contribution is -2.41. The quantitative estimate of drug-likeness (QED) is 0.661. The fraction of sp³-hybridized carbons (Fsp3) is 0.667. The van der Waals surface area contributed by atoms with Crippen LogP contribution in [0.25, 0.3) is 0 Å². The van der Waals surface area contributed by atoms with Crippen LogP contribution in [0.15, 0.2) is 16.3 Å². The molecule has 0 aliphatic carbocycles. The Labute approximate surface area is 143 Å². The van der Waals surface area contributed by atoms with Crippen molar-refractivity contribution in [2.24, 2.45) is 5.73 Å². The number of thiophene rings is 1. The molecule has 0 aromatic carbocycles. The summed E-state index contributed by atoms with van der Waals surface area (Å²) in [5.41, 5.74) is 5.74. The molecule has 132 valence electrons. The van der Waals surface area contributed by atoms with Crippen molar-refractivity contribution in [3.8, 4) is 0 Å². The summed E-state index contributed by atoms with van der Waals surface area (Å²) in [7, 11) is -3.40. The smallest absolute Gasteiger partial charge is 0.252 e. The highest BCUT2D eigenvalue weighted by molar-refractivity contribution is 7.91. The molecule has 23 heavy (non-hydrogen) atoms. The Morgan fingerprint density at radius 3 is 2.52 bits per heavy atom. The Morgan fingerprint density at radius 1 is 1.30 bits per heavy atom. The molecule has 1 unspecified atom stereocenters. The van der Waals surface area contributed by atoms with Gasteiger partial charge in [-0.3, -0.25) is 4.79 Å². The van der Waals surface area contributed by atoms with Gasteiger partial charge in [0.2, 0.25) is 5.91 Å². The SMILES string of the molecule is CCCC(N)C(=O)NCCc1ccc(S(=O)(=O)N(CC)CC)s1. The molecule has 0 radical (unpaired) electrons. The summed E-state index contributed by atoms with van der Waals surface area (Å²) < 4.78 is 26.6. The number of carbonyl (C=O) groups is 1.